The Kier molecular flexibility index (Phi) is 5.75. The van der Waals surface area contributed by atoms with E-state index in [1.165, 1.54) is 43.0 Å². The van der Waals surface area contributed by atoms with E-state index >= 15 is 0 Å². The fourth-order valence-corrected chi connectivity index (χ4v) is 3.10. The van der Waals surface area contributed by atoms with Crippen molar-refractivity contribution in [3.8, 4) is 0 Å². The third-order valence-corrected chi connectivity index (χ3v) is 4.48. The number of halogens is 1. The van der Waals surface area contributed by atoms with E-state index in [0.717, 1.165) is 12.5 Å². The minimum atomic E-state index is 0.261. The van der Waals surface area contributed by atoms with E-state index in [1.807, 2.05) is 0 Å². The van der Waals surface area contributed by atoms with E-state index in [-0.39, 0.29) is 5.60 Å². The molecule has 1 fully saturated rings. The summed E-state index contributed by atoms with van der Waals surface area (Å²) < 4.78 is 7.26. The second-order valence-corrected chi connectivity index (χ2v) is 5.67. The van der Waals surface area contributed by atoms with Crippen molar-refractivity contribution >= 4 is 22.6 Å². The van der Waals surface area contributed by atoms with Crippen LogP contribution in [0, 0.1) is 5.92 Å². The van der Waals surface area contributed by atoms with Crippen molar-refractivity contribution in [1.29, 1.82) is 0 Å². The normalized spacial score (nSPS) is 20.6. The third kappa shape index (κ3) is 4.05. The maximum absolute atomic E-state index is 6.08. The van der Waals surface area contributed by atoms with Gasteiger partial charge in [-0.3, -0.25) is 0 Å². The summed E-state index contributed by atoms with van der Waals surface area (Å²) >= 11 is 2.48. The fourth-order valence-electron chi connectivity index (χ4n) is 2.12. The molecule has 0 saturated heterocycles. The van der Waals surface area contributed by atoms with Gasteiger partial charge in [0.1, 0.15) is 0 Å². The number of alkyl halides is 1. The molecule has 1 saturated carbocycles. The highest BCUT2D eigenvalue weighted by Gasteiger charge is 2.33. The second-order valence-electron chi connectivity index (χ2n) is 4.91. The first-order chi connectivity index (χ1) is 6.68. The van der Waals surface area contributed by atoms with Gasteiger partial charge < -0.3 is 4.74 Å². The van der Waals surface area contributed by atoms with Gasteiger partial charge in [-0.1, -0.05) is 49.3 Å². The van der Waals surface area contributed by atoms with Crippen LogP contribution in [0.2, 0.25) is 0 Å². The zero-order valence-electron chi connectivity index (χ0n) is 9.52. The van der Waals surface area contributed by atoms with Gasteiger partial charge in [0.25, 0.3) is 0 Å². The zero-order chi connectivity index (χ0) is 10.4. The molecule has 1 aliphatic carbocycles. The molecule has 1 nitrogen and oxygen atoms in total. The molecule has 0 heterocycles. The molecule has 0 aliphatic heterocycles. The van der Waals surface area contributed by atoms with Gasteiger partial charge in [-0.05, 0) is 31.6 Å². The fraction of sp³-hybridized carbons (Fsp3) is 1.00. The Morgan fingerprint density at radius 2 is 1.93 bits per heavy atom. The van der Waals surface area contributed by atoms with Gasteiger partial charge in [0.15, 0.2) is 0 Å². The van der Waals surface area contributed by atoms with Gasteiger partial charge in [0.2, 0.25) is 0 Å². The van der Waals surface area contributed by atoms with E-state index in [1.54, 1.807) is 0 Å². The Balaban J connectivity index is 2.15. The molecule has 0 aromatic rings. The van der Waals surface area contributed by atoms with Gasteiger partial charge in [-0.25, -0.2) is 0 Å². The first-order valence-corrected chi connectivity index (χ1v) is 7.41. The number of hydrogen-bond donors (Lipinski definition) is 0. The van der Waals surface area contributed by atoms with Crippen LogP contribution in [-0.2, 0) is 4.74 Å². The van der Waals surface area contributed by atoms with Crippen LogP contribution in [0.4, 0.5) is 0 Å². The van der Waals surface area contributed by atoms with Gasteiger partial charge >= 0.3 is 0 Å². The number of rotatable bonds is 6. The SMILES string of the molecule is CC(C)CCCOC1(CI)CCCC1. The van der Waals surface area contributed by atoms with Crippen LogP contribution in [0.3, 0.4) is 0 Å². The average Bonchev–Trinajstić information content (AvgIpc) is 2.62. The summed E-state index contributed by atoms with van der Waals surface area (Å²) in [6.45, 7) is 5.54. The summed E-state index contributed by atoms with van der Waals surface area (Å²) in [6.07, 6.45) is 7.85. The third-order valence-electron chi connectivity index (χ3n) is 3.09. The zero-order valence-corrected chi connectivity index (χ0v) is 11.7. The Bertz CT molecular complexity index is 150. The van der Waals surface area contributed by atoms with E-state index in [2.05, 4.69) is 36.4 Å². The van der Waals surface area contributed by atoms with E-state index in [0.29, 0.717) is 0 Å². The van der Waals surface area contributed by atoms with E-state index in [4.69, 9.17) is 4.74 Å². The number of hydrogen-bond acceptors (Lipinski definition) is 1. The molecule has 0 amide bonds. The summed E-state index contributed by atoms with van der Waals surface area (Å²) in [6, 6.07) is 0. The summed E-state index contributed by atoms with van der Waals surface area (Å²) in [7, 11) is 0. The highest BCUT2D eigenvalue weighted by Crippen LogP contribution is 2.35. The Morgan fingerprint density at radius 3 is 2.43 bits per heavy atom. The Morgan fingerprint density at radius 1 is 1.29 bits per heavy atom. The molecule has 1 aliphatic rings. The molecule has 84 valence electrons. The molecule has 0 atom stereocenters. The molecule has 0 unspecified atom stereocenters. The summed E-state index contributed by atoms with van der Waals surface area (Å²) in [5, 5.41) is 0. The lowest BCUT2D eigenvalue weighted by atomic mass is 10.1. The summed E-state index contributed by atoms with van der Waals surface area (Å²) in [5.41, 5.74) is 0.261. The van der Waals surface area contributed by atoms with Crippen LogP contribution >= 0.6 is 22.6 Å². The molecule has 0 aromatic heterocycles. The Hall–Kier alpha value is 0.690. The van der Waals surface area contributed by atoms with Gasteiger partial charge in [-0.2, -0.15) is 0 Å². The molecule has 0 radical (unpaired) electrons. The predicted octanol–water partition coefficient (Wildman–Crippen LogP) is 4.19. The molecule has 0 bridgehead atoms. The van der Waals surface area contributed by atoms with Crippen LogP contribution in [0.5, 0.6) is 0 Å². The minimum absolute atomic E-state index is 0.261. The second kappa shape index (κ2) is 6.31. The van der Waals surface area contributed by atoms with Crippen LogP contribution in [0.1, 0.15) is 52.4 Å². The van der Waals surface area contributed by atoms with Crippen molar-refractivity contribution < 1.29 is 4.74 Å². The first kappa shape index (κ1) is 12.8. The minimum Gasteiger partial charge on any atom is -0.374 e. The molecule has 0 N–H and O–H groups in total. The summed E-state index contributed by atoms with van der Waals surface area (Å²) in [4.78, 5) is 0. The lowest BCUT2D eigenvalue weighted by Gasteiger charge is -2.27. The van der Waals surface area contributed by atoms with Crippen LogP contribution in [-0.4, -0.2) is 16.6 Å². The van der Waals surface area contributed by atoms with Crippen molar-refractivity contribution in [2.45, 2.75) is 58.0 Å². The van der Waals surface area contributed by atoms with Crippen molar-refractivity contribution in [3.63, 3.8) is 0 Å². The van der Waals surface area contributed by atoms with Crippen LogP contribution in [0.25, 0.3) is 0 Å². The smallest absolute Gasteiger partial charge is 0.0771 e. The van der Waals surface area contributed by atoms with Gasteiger partial charge in [0.05, 0.1) is 5.60 Å². The lowest BCUT2D eigenvalue weighted by molar-refractivity contribution is -0.0225. The first-order valence-electron chi connectivity index (χ1n) is 5.88. The quantitative estimate of drug-likeness (QED) is 0.406. The van der Waals surface area contributed by atoms with Crippen molar-refractivity contribution in [3.05, 3.63) is 0 Å². The molecular weight excluding hydrogens is 287 g/mol. The highest BCUT2D eigenvalue weighted by atomic mass is 127. The topological polar surface area (TPSA) is 9.23 Å². The van der Waals surface area contributed by atoms with Gasteiger partial charge in [-0.15, -0.1) is 0 Å². The van der Waals surface area contributed by atoms with E-state index in [9.17, 15) is 0 Å². The molecular formula is C12H23IO. The monoisotopic (exact) mass is 310 g/mol. The molecule has 1 rings (SSSR count). The standard InChI is InChI=1S/C12H23IO/c1-11(2)6-5-9-14-12(10-13)7-3-4-8-12/h11H,3-10H2,1-2H3. The molecule has 0 spiro atoms. The van der Waals surface area contributed by atoms with E-state index < -0.39 is 0 Å². The largest absolute Gasteiger partial charge is 0.374 e. The van der Waals surface area contributed by atoms with Crippen LogP contribution < -0.4 is 0 Å². The molecule has 0 aromatic carbocycles. The highest BCUT2D eigenvalue weighted by molar-refractivity contribution is 14.1. The van der Waals surface area contributed by atoms with Crippen molar-refractivity contribution in [2.24, 2.45) is 5.92 Å². The van der Waals surface area contributed by atoms with Gasteiger partial charge in [0, 0.05) is 11.0 Å². The summed E-state index contributed by atoms with van der Waals surface area (Å²) in [5.74, 6) is 0.817. The average molecular weight is 310 g/mol. The van der Waals surface area contributed by atoms with Crippen LogP contribution in [0.15, 0.2) is 0 Å². The lowest BCUT2D eigenvalue weighted by Crippen LogP contribution is -2.31. The molecule has 2 heteroatoms. The van der Waals surface area contributed by atoms with Crippen molar-refractivity contribution in [1.82, 2.24) is 0 Å². The molecule has 14 heavy (non-hydrogen) atoms. The number of ether oxygens (including phenoxy) is 1. The maximum Gasteiger partial charge on any atom is 0.0771 e. The maximum atomic E-state index is 6.08. The van der Waals surface area contributed by atoms with Crippen molar-refractivity contribution in [2.75, 3.05) is 11.0 Å². The Labute approximate surface area is 102 Å². The predicted molar refractivity (Wildman–Crippen MR) is 70.1 cm³/mol.